The Bertz CT molecular complexity index is 525. The summed E-state index contributed by atoms with van der Waals surface area (Å²) < 4.78 is 6.76. The Morgan fingerprint density at radius 3 is 2.89 bits per heavy atom. The number of nitrogens with one attached hydrogen (secondary N) is 1. The van der Waals surface area contributed by atoms with Crippen LogP contribution in [0.3, 0.4) is 0 Å². The van der Waals surface area contributed by atoms with Gasteiger partial charge in [0.15, 0.2) is 5.82 Å². The van der Waals surface area contributed by atoms with E-state index in [4.69, 9.17) is 4.74 Å². The van der Waals surface area contributed by atoms with Crippen LogP contribution in [0, 0.1) is 0 Å². The minimum atomic E-state index is 0.247. The zero-order valence-electron chi connectivity index (χ0n) is 10.4. The molecule has 2 N–H and O–H groups in total. The van der Waals surface area contributed by atoms with Crippen LogP contribution >= 0.6 is 0 Å². The van der Waals surface area contributed by atoms with Crippen LogP contribution in [0.4, 0.5) is 0 Å². The number of methoxy groups -OCH3 is 1. The molecule has 1 heterocycles. The molecule has 0 unspecified atom stereocenters. The maximum Gasteiger partial charge on any atom is 0.164 e. The lowest BCUT2D eigenvalue weighted by Gasteiger charge is -2.07. The number of benzene rings is 1. The molecule has 6 nitrogen and oxygen atoms in total. The molecular weight excluding hydrogens is 232 g/mol. The first kappa shape index (κ1) is 12.4. The molecule has 0 bridgehead atoms. The third-order valence-corrected chi connectivity index (χ3v) is 2.53. The topological polar surface area (TPSA) is 72.2 Å². The molecule has 0 spiro atoms. The van der Waals surface area contributed by atoms with Crippen molar-refractivity contribution in [2.45, 2.75) is 13.1 Å². The van der Waals surface area contributed by atoms with Gasteiger partial charge in [-0.3, -0.25) is 4.68 Å². The Kier molecular flexibility index (Phi) is 3.78. The number of phenols is 1. The molecule has 18 heavy (non-hydrogen) atoms. The lowest BCUT2D eigenvalue weighted by molar-refractivity contribution is 0.410. The van der Waals surface area contributed by atoms with Crippen molar-refractivity contribution in [2.75, 3.05) is 7.11 Å². The van der Waals surface area contributed by atoms with Crippen molar-refractivity contribution in [3.05, 3.63) is 35.9 Å². The van der Waals surface area contributed by atoms with Gasteiger partial charge >= 0.3 is 0 Å². The molecule has 0 saturated heterocycles. The summed E-state index contributed by atoms with van der Waals surface area (Å²) in [4.78, 5) is 4.11. The molecular formula is C12H16N4O2. The van der Waals surface area contributed by atoms with Gasteiger partial charge in [0.25, 0.3) is 0 Å². The lowest BCUT2D eigenvalue weighted by Crippen LogP contribution is -2.14. The highest BCUT2D eigenvalue weighted by atomic mass is 16.5. The van der Waals surface area contributed by atoms with Crippen molar-refractivity contribution in [1.29, 1.82) is 0 Å². The molecule has 1 aromatic heterocycles. The van der Waals surface area contributed by atoms with E-state index in [9.17, 15) is 5.11 Å². The number of aromatic nitrogens is 3. The first-order valence-electron chi connectivity index (χ1n) is 5.60. The monoisotopic (exact) mass is 248 g/mol. The molecule has 96 valence electrons. The Balaban J connectivity index is 1.93. The molecule has 0 aliphatic heterocycles. The van der Waals surface area contributed by atoms with Gasteiger partial charge in [0.05, 0.1) is 13.7 Å². The van der Waals surface area contributed by atoms with E-state index in [-0.39, 0.29) is 5.75 Å². The van der Waals surface area contributed by atoms with Crippen LogP contribution in [0.2, 0.25) is 0 Å². The fourth-order valence-electron chi connectivity index (χ4n) is 1.60. The van der Waals surface area contributed by atoms with Crippen molar-refractivity contribution >= 4 is 0 Å². The highest BCUT2D eigenvalue weighted by Crippen LogP contribution is 2.22. The van der Waals surface area contributed by atoms with Crippen molar-refractivity contribution in [1.82, 2.24) is 20.1 Å². The van der Waals surface area contributed by atoms with Crippen LogP contribution in [0.15, 0.2) is 24.5 Å². The van der Waals surface area contributed by atoms with Crippen molar-refractivity contribution in [3.63, 3.8) is 0 Å². The second-order valence-electron chi connectivity index (χ2n) is 3.93. The fourth-order valence-corrected chi connectivity index (χ4v) is 1.60. The number of phenolic OH excluding ortho intramolecular Hbond substituents is 1. The minimum absolute atomic E-state index is 0.247. The second-order valence-corrected chi connectivity index (χ2v) is 3.93. The summed E-state index contributed by atoms with van der Waals surface area (Å²) in [6, 6.07) is 5.14. The van der Waals surface area contributed by atoms with Crippen LogP contribution < -0.4 is 10.1 Å². The Morgan fingerprint density at radius 1 is 1.39 bits per heavy atom. The lowest BCUT2D eigenvalue weighted by atomic mass is 10.2. The molecule has 2 rings (SSSR count). The SMILES string of the molecule is COc1ccc(O)c(CNCc2ncn(C)n2)c1. The molecule has 0 amide bonds. The predicted molar refractivity (Wildman–Crippen MR) is 66.2 cm³/mol. The zero-order valence-corrected chi connectivity index (χ0v) is 10.4. The van der Waals surface area contributed by atoms with Gasteiger partial charge in [-0.2, -0.15) is 5.10 Å². The van der Waals surface area contributed by atoms with Gasteiger partial charge in [-0.05, 0) is 18.2 Å². The van der Waals surface area contributed by atoms with E-state index in [1.165, 1.54) is 0 Å². The minimum Gasteiger partial charge on any atom is -0.508 e. The molecule has 1 aromatic carbocycles. The molecule has 0 fully saturated rings. The summed E-state index contributed by atoms with van der Waals surface area (Å²) in [5, 5.41) is 17.0. The quantitative estimate of drug-likeness (QED) is 0.819. The van der Waals surface area contributed by atoms with E-state index in [0.717, 1.165) is 17.1 Å². The van der Waals surface area contributed by atoms with Crippen molar-refractivity contribution in [3.8, 4) is 11.5 Å². The van der Waals surface area contributed by atoms with Gasteiger partial charge in [-0.1, -0.05) is 0 Å². The third-order valence-electron chi connectivity index (χ3n) is 2.53. The largest absolute Gasteiger partial charge is 0.508 e. The molecule has 0 radical (unpaired) electrons. The van der Waals surface area contributed by atoms with E-state index in [1.807, 2.05) is 7.05 Å². The van der Waals surface area contributed by atoms with Gasteiger partial charge in [0.1, 0.15) is 17.8 Å². The van der Waals surface area contributed by atoms with Crippen molar-refractivity contribution < 1.29 is 9.84 Å². The van der Waals surface area contributed by atoms with Gasteiger partial charge in [0.2, 0.25) is 0 Å². The highest BCUT2D eigenvalue weighted by Gasteiger charge is 2.04. The van der Waals surface area contributed by atoms with Gasteiger partial charge in [-0.25, -0.2) is 4.98 Å². The highest BCUT2D eigenvalue weighted by molar-refractivity contribution is 5.39. The number of rotatable bonds is 5. The number of hydrogen-bond donors (Lipinski definition) is 2. The Labute approximate surface area is 105 Å². The van der Waals surface area contributed by atoms with E-state index in [1.54, 1.807) is 36.3 Å². The molecule has 0 aliphatic carbocycles. The number of ether oxygens (including phenoxy) is 1. The zero-order chi connectivity index (χ0) is 13.0. The van der Waals surface area contributed by atoms with Gasteiger partial charge in [0, 0.05) is 19.2 Å². The second kappa shape index (κ2) is 5.50. The van der Waals surface area contributed by atoms with E-state index < -0.39 is 0 Å². The molecule has 2 aromatic rings. The molecule has 6 heteroatoms. The van der Waals surface area contributed by atoms with Gasteiger partial charge < -0.3 is 15.2 Å². The Hall–Kier alpha value is -2.08. The van der Waals surface area contributed by atoms with E-state index >= 15 is 0 Å². The maximum absolute atomic E-state index is 9.70. The summed E-state index contributed by atoms with van der Waals surface area (Å²) in [5.41, 5.74) is 0.783. The average molecular weight is 248 g/mol. The van der Waals surface area contributed by atoms with Crippen LogP contribution in [0.1, 0.15) is 11.4 Å². The molecule has 0 saturated carbocycles. The summed E-state index contributed by atoms with van der Waals surface area (Å²) in [5.74, 6) is 1.69. The predicted octanol–water partition coefficient (Wildman–Crippen LogP) is 0.819. The first-order valence-corrected chi connectivity index (χ1v) is 5.60. The number of nitrogens with zero attached hydrogens (tertiary/aromatic N) is 3. The molecule has 0 atom stereocenters. The fraction of sp³-hybridized carbons (Fsp3) is 0.333. The van der Waals surface area contributed by atoms with Crippen LogP contribution in [0.5, 0.6) is 11.5 Å². The number of aryl methyl sites for hydroxylation is 1. The number of hydrogen-bond acceptors (Lipinski definition) is 5. The summed E-state index contributed by atoms with van der Waals surface area (Å²) in [7, 11) is 3.42. The summed E-state index contributed by atoms with van der Waals surface area (Å²) in [6.45, 7) is 1.08. The third kappa shape index (κ3) is 2.98. The van der Waals surface area contributed by atoms with Crippen LogP contribution in [-0.4, -0.2) is 27.0 Å². The standard InChI is InChI=1S/C12H16N4O2/c1-16-8-14-12(15-16)7-13-6-9-5-10(18-2)3-4-11(9)17/h3-5,8,13,17H,6-7H2,1-2H3. The summed E-state index contributed by atoms with van der Waals surface area (Å²) >= 11 is 0. The maximum atomic E-state index is 9.70. The van der Waals surface area contributed by atoms with Crippen LogP contribution in [-0.2, 0) is 20.1 Å². The van der Waals surface area contributed by atoms with E-state index in [2.05, 4.69) is 15.4 Å². The average Bonchev–Trinajstić information content (AvgIpc) is 2.77. The number of aromatic hydroxyl groups is 1. The Morgan fingerprint density at radius 2 is 2.22 bits per heavy atom. The first-order chi connectivity index (χ1) is 8.69. The normalized spacial score (nSPS) is 10.6. The smallest absolute Gasteiger partial charge is 0.164 e. The van der Waals surface area contributed by atoms with Gasteiger partial charge in [-0.15, -0.1) is 0 Å². The molecule has 0 aliphatic rings. The summed E-state index contributed by atoms with van der Waals surface area (Å²) in [6.07, 6.45) is 1.65. The van der Waals surface area contributed by atoms with Crippen molar-refractivity contribution in [2.24, 2.45) is 7.05 Å². The van der Waals surface area contributed by atoms with Crippen LogP contribution in [0.25, 0.3) is 0 Å². The van der Waals surface area contributed by atoms with E-state index in [0.29, 0.717) is 13.1 Å².